The maximum atomic E-state index is 11.6. The Morgan fingerprint density at radius 2 is 2.12 bits per heavy atom. The summed E-state index contributed by atoms with van der Waals surface area (Å²) >= 11 is 0. The fourth-order valence-electron chi connectivity index (χ4n) is 3.50. The van der Waals surface area contributed by atoms with Crippen LogP contribution in [0.5, 0.6) is 0 Å². The zero-order valence-corrected chi connectivity index (χ0v) is 11.9. The molecule has 2 aliphatic rings. The largest absolute Gasteiger partial charge is 0.319 e. The van der Waals surface area contributed by atoms with Crippen LogP contribution in [0.2, 0.25) is 0 Å². The molecule has 0 aromatic heterocycles. The van der Waals surface area contributed by atoms with Gasteiger partial charge in [0.2, 0.25) is 0 Å². The molecule has 2 rings (SSSR count). The molecule has 0 bridgehead atoms. The molecule has 2 fully saturated rings. The summed E-state index contributed by atoms with van der Waals surface area (Å²) in [5.74, 6) is 1.39. The van der Waals surface area contributed by atoms with Crippen molar-refractivity contribution in [2.45, 2.75) is 38.3 Å². The molecular formula is C12H24N2O2S. The number of hydrogen-bond acceptors (Lipinski definition) is 4. The lowest BCUT2D eigenvalue weighted by Gasteiger charge is -2.35. The summed E-state index contributed by atoms with van der Waals surface area (Å²) in [5.41, 5.74) is 0.145. The van der Waals surface area contributed by atoms with Gasteiger partial charge in [-0.3, -0.25) is 4.90 Å². The average Bonchev–Trinajstić information content (AvgIpc) is 2.67. The van der Waals surface area contributed by atoms with Gasteiger partial charge in [0, 0.05) is 18.1 Å². The highest BCUT2D eigenvalue weighted by Gasteiger charge is 2.44. The molecule has 2 unspecified atom stereocenters. The van der Waals surface area contributed by atoms with E-state index >= 15 is 0 Å². The van der Waals surface area contributed by atoms with Crippen molar-refractivity contribution in [3.63, 3.8) is 0 Å². The van der Waals surface area contributed by atoms with Crippen LogP contribution in [0.1, 0.15) is 26.7 Å². The van der Waals surface area contributed by atoms with Crippen LogP contribution in [-0.4, -0.2) is 56.5 Å². The lowest BCUT2D eigenvalue weighted by atomic mass is 9.96. The molecule has 0 amide bonds. The van der Waals surface area contributed by atoms with E-state index in [2.05, 4.69) is 24.1 Å². The minimum absolute atomic E-state index is 0.145. The number of hydrogen-bond donors (Lipinski definition) is 1. The van der Waals surface area contributed by atoms with Crippen LogP contribution in [-0.2, 0) is 9.84 Å². The molecule has 2 atom stereocenters. The van der Waals surface area contributed by atoms with Gasteiger partial charge in [-0.05, 0) is 46.2 Å². The Morgan fingerprint density at radius 3 is 2.65 bits per heavy atom. The number of nitrogens with zero attached hydrogens (tertiary/aromatic N) is 1. The van der Waals surface area contributed by atoms with E-state index in [-0.39, 0.29) is 11.6 Å². The topological polar surface area (TPSA) is 49.4 Å². The van der Waals surface area contributed by atoms with Gasteiger partial charge in [0.15, 0.2) is 9.84 Å². The van der Waals surface area contributed by atoms with E-state index in [1.807, 2.05) is 7.05 Å². The van der Waals surface area contributed by atoms with Gasteiger partial charge >= 0.3 is 0 Å². The molecule has 100 valence electrons. The number of sulfone groups is 1. The quantitative estimate of drug-likeness (QED) is 0.802. The molecule has 5 heteroatoms. The van der Waals surface area contributed by atoms with Crippen LogP contribution in [0, 0.1) is 5.92 Å². The van der Waals surface area contributed by atoms with Crippen LogP contribution in [0.3, 0.4) is 0 Å². The second-order valence-corrected chi connectivity index (χ2v) is 8.38. The highest BCUT2D eigenvalue weighted by Crippen LogP contribution is 2.36. The van der Waals surface area contributed by atoms with E-state index in [9.17, 15) is 8.42 Å². The molecular weight excluding hydrogens is 236 g/mol. The molecule has 2 saturated heterocycles. The molecule has 2 aliphatic heterocycles. The Labute approximate surface area is 105 Å². The van der Waals surface area contributed by atoms with E-state index in [0.29, 0.717) is 17.4 Å². The first kappa shape index (κ1) is 13.3. The summed E-state index contributed by atoms with van der Waals surface area (Å²) < 4.78 is 23.2. The zero-order chi connectivity index (χ0) is 12.7. The smallest absolute Gasteiger partial charge is 0.151 e. The van der Waals surface area contributed by atoms with Crippen molar-refractivity contribution in [3.8, 4) is 0 Å². The van der Waals surface area contributed by atoms with Crippen LogP contribution in [0.25, 0.3) is 0 Å². The summed E-state index contributed by atoms with van der Waals surface area (Å²) in [5, 5.41) is 3.23. The van der Waals surface area contributed by atoms with Gasteiger partial charge in [-0.15, -0.1) is 0 Å². The SMILES string of the molecule is CNCC1CN(C2CCS(=O)(=O)C2)C(C)(C)C1. The standard InChI is InChI=1S/C12H24N2O2S/c1-12(2)6-10(7-13-3)8-14(12)11-4-5-17(15,16)9-11/h10-11,13H,4-9H2,1-3H3. The lowest BCUT2D eigenvalue weighted by molar-refractivity contribution is 0.127. The third-order valence-corrected chi connectivity index (χ3v) is 5.91. The Kier molecular flexibility index (Phi) is 3.54. The summed E-state index contributed by atoms with van der Waals surface area (Å²) in [6, 6.07) is 0.247. The number of nitrogens with one attached hydrogen (secondary N) is 1. The highest BCUT2D eigenvalue weighted by atomic mass is 32.2. The molecule has 0 aromatic carbocycles. The van der Waals surface area contributed by atoms with Gasteiger partial charge in [0.25, 0.3) is 0 Å². The molecule has 0 aliphatic carbocycles. The van der Waals surface area contributed by atoms with Crippen molar-refractivity contribution < 1.29 is 8.42 Å². The molecule has 1 N–H and O–H groups in total. The van der Waals surface area contributed by atoms with Crippen molar-refractivity contribution in [3.05, 3.63) is 0 Å². The Balaban J connectivity index is 2.06. The molecule has 0 radical (unpaired) electrons. The van der Waals surface area contributed by atoms with Crippen molar-refractivity contribution in [2.75, 3.05) is 31.6 Å². The van der Waals surface area contributed by atoms with Crippen molar-refractivity contribution in [1.82, 2.24) is 10.2 Å². The summed E-state index contributed by atoms with van der Waals surface area (Å²) in [7, 11) is -0.788. The fourth-order valence-corrected chi connectivity index (χ4v) is 5.23. The Bertz CT molecular complexity index is 378. The second kappa shape index (κ2) is 4.52. The maximum Gasteiger partial charge on any atom is 0.151 e. The van der Waals surface area contributed by atoms with E-state index < -0.39 is 9.84 Å². The predicted molar refractivity (Wildman–Crippen MR) is 69.9 cm³/mol. The van der Waals surface area contributed by atoms with Crippen molar-refractivity contribution in [1.29, 1.82) is 0 Å². The Morgan fingerprint density at radius 1 is 1.41 bits per heavy atom. The average molecular weight is 260 g/mol. The molecule has 2 heterocycles. The second-order valence-electron chi connectivity index (χ2n) is 6.15. The van der Waals surface area contributed by atoms with Crippen LogP contribution in [0.15, 0.2) is 0 Å². The molecule has 17 heavy (non-hydrogen) atoms. The third-order valence-electron chi connectivity index (χ3n) is 4.16. The number of likely N-dealkylation sites (tertiary alicyclic amines) is 1. The fraction of sp³-hybridized carbons (Fsp3) is 1.00. The van der Waals surface area contributed by atoms with Gasteiger partial charge in [-0.1, -0.05) is 0 Å². The van der Waals surface area contributed by atoms with Crippen LogP contribution in [0.4, 0.5) is 0 Å². The first-order valence-corrected chi connectivity index (χ1v) is 8.28. The normalized spacial score (nSPS) is 36.4. The van der Waals surface area contributed by atoms with Gasteiger partial charge in [0.1, 0.15) is 0 Å². The van der Waals surface area contributed by atoms with Crippen molar-refractivity contribution >= 4 is 9.84 Å². The van der Waals surface area contributed by atoms with E-state index in [4.69, 9.17) is 0 Å². The van der Waals surface area contributed by atoms with Gasteiger partial charge in [-0.25, -0.2) is 8.42 Å². The van der Waals surface area contributed by atoms with Gasteiger partial charge < -0.3 is 5.32 Å². The molecule has 0 saturated carbocycles. The van der Waals surface area contributed by atoms with Gasteiger partial charge in [-0.2, -0.15) is 0 Å². The summed E-state index contributed by atoms with van der Waals surface area (Å²) in [6.45, 7) is 6.55. The zero-order valence-electron chi connectivity index (χ0n) is 11.1. The predicted octanol–water partition coefficient (Wildman–Crippen LogP) is 0.493. The monoisotopic (exact) mass is 260 g/mol. The van der Waals surface area contributed by atoms with Crippen LogP contribution < -0.4 is 5.32 Å². The summed E-state index contributed by atoms with van der Waals surface area (Å²) in [6.07, 6.45) is 1.97. The highest BCUT2D eigenvalue weighted by molar-refractivity contribution is 7.91. The van der Waals surface area contributed by atoms with Crippen molar-refractivity contribution in [2.24, 2.45) is 5.92 Å². The number of rotatable bonds is 3. The summed E-state index contributed by atoms with van der Waals surface area (Å²) in [4.78, 5) is 2.43. The van der Waals surface area contributed by atoms with Crippen LogP contribution >= 0.6 is 0 Å². The Hall–Kier alpha value is -0.130. The minimum atomic E-state index is -2.77. The van der Waals surface area contributed by atoms with E-state index in [0.717, 1.165) is 25.9 Å². The van der Waals surface area contributed by atoms with E-state index in [1.54, 1.807) is 0 Å². The van der Waals surface area contributed by atoms with Gasteiger partial charge in [0.05, 0.1) is 11.5 Å². The molecule has 0 aromatic rings. The third kappa shape index (κ3) is 2.83. The first-order valence-electron chi connectivity index (χ1n) is 6.46. The molecule has 0 spiro atoms. The lowest BCUT2D eigenvalue weighted by Crippen LogP contribution is -2.46. The first-order chi connectivity index (χ1) is 7.84. The van der Waals surface area contributed by atoms with E-state index in [1.165, 1.54) is 0 Å². The minimum Gasteiger partial charge on any atom is -0.319 e. The maximum absolute atomic E-state index is 11.6. The molecule has 4 nitrogen and oxygen atoms in total.